The van der Waals surface area contributed by atoms with E-state index in [0.29, 0.717) is 0 Å². The smallest absolute Gasteiger partial charge is 0.147 e. The number of benzene rings is 1. The Labute approximate surface area is 104 Å². The molecule has 0 saturated carbocycles. The SMILES string of the molecule is COc1c(Br)cc(C(Cl)Cl)cc1Br. The molecule has 0 aliphatic rings. The molecule has 1 rings (SSSR count). The van der Waals surface area contributed by atoms with Gasteiger partial charge in [-0.15, -0.1) is 23.2 Å². The highest BCUT2D eigenvalue weighted by Gasteiger charge is 2.11. The third kappa shape index (κ3) is 2.75. The number of hydrogen-bond acceptors (Lipinski definition) is 1. The largest absolute Gasteiger partial charge is 0.494 e. The Bertz CT molecular complexity index is 292. The molecule has 0 spiro atoms. The average molecular weight is 349 g/mol. The molecule has 0 aliphatic carbocycles. The fourth-order valence-corrected chi connectivity index (χ4v) is 2.70. The molecule has 0 fully saturated rings. The third-order valence-electron chi connectivity index (χ3n) is 1.48. The fourth-order valence-electron chi connectivity index (χ4n) is 0.900. The summed E-state index contributed by atoms with van der Waals surface area (Å²) >= 11 is 18.2. The minimum atomic E-state index is -0.529. The van der Waals surface area contributed by atoms with Crippen LogP contribution < -0.4 is 4.74 Å². The standard InChI is InChI=1S/C8H6Br2Cl2O/c1-13-7-5(9)2-4(8(11)12)3-6(7)10/h2-3,8H,1H3. The van der Waals surface area contributed by atoms with Crippen LogP contribution in [0.25, 0.3) is 0 Å². The summed E-state index contributed by atoms with van der Waals surface area (Å²) in [6, 6.07) is 3.66. The van der Waals surface area contributed by atoms with Gasteiger partial charge in [-0.1, -0.05) is 0 Å². The lowest BCUT2D eigenvalue weighted by molar-refractivity contribution is 0.409. The second-order valence-corrected chi connectivity index (χ2v) is 5.12. The summed E-state index contributed by atoms with van der Waals surface area (Å²) in [5, 5.41) is 0. The lowest BCUT2D eigenvalue weighted by Gasteiger charge is -2.09. The summed E-state index contributed by atoms with van der Waals surface area (Å²) in [5.41, 5.74) is 0.822. The maximum Gasteiger partial charge on any atom is 0.147 e. The van der Waals surface area contributed by atoms with Gasteiger partial charge in [0.25, 0.3) is 0 Å². The van der Waals surface area contributed by atoms with E-state index in [1.807, 2.05) is 12.1 Å². The molecule has 0 bridgehead atoms. The predicted molar refractivity (Wildman–Crippen MR) is 62.8 cm³/mol. The zero-order chi connectivity index (χ0) is 10.0. The molecule has 5 heteroatoms. The molecule has 1 aromatic carbocycles. The Morgan fingerprint density at radius 3 is 2.00 bits per heavy atom. The van der Waals surface area contributed by atoms with Crippen LogP contribution in [-0.4, -0.2) is 7.11 Å². The lowest BCUT2D eigenvalue weighted by atomic mass is 10.2. The molecule has 0 N–H and O–H groups in total. The Morgan fingerprint density at radius 2 is 1.69 bits per heavy atom. The van der Waals surface area contributed by atoms with Crippen LogP contribution in [-0.2, 0) is 0 Å². The van der Waals surface area contributed by atoms with Crippen molar-refractivity contribution in [3.63, 3.8) is 0 Å². The first-order valence-electron chi connectivity index (χ1n) is 3.37. The first-order valence-corrected chi connectivity index (χ1v) is 5.83. The molecular formula is C8H6Br2Cl2O. The van der Waals surface area contributed by atoms with E-state index in [2.05, 4.69) is 31.9 Å². The van der Waals surface area contributed by atoms with Gasteiger partial charge in [0.05, 0.1) is 16.1 Å². The molecule has 0 amide bonds. The van der Waals surface area contributed by atoms with Crippen molar-refractivity contribution in [2.45, 2.75) is 4.84 Å². The molecule has 0 saturated heterocycles. The van der Waals surface area contributed by atoms with Crippen molar-refractivity contribution >= 4 is 55.1 Å². The van der Waals surface area contributed by atoms with Crippen molar-refractivity contribution in [3.8, 4) is 5.75 Å². The van der Waals surface area contributed by atoms with Gasteiger partial charge in [0.2, 0.25) is 0 Å². The molecule has 1 aromatic rings. The van der Waals surface area contributed by atoms with Crippen LogP contribution in [0.15, 0.2) is 21.1 Å². The summed E-state index contributed by atoms with van der Waals surface area (Å²) in [7, 11) is 1.60. The molecule has 13 heavy (non-hydrogen) atoms. The van der Waals surface area contributed by atoms with E-state index in [1.54, 1.807) is 7.11 Å². The zero-order valence-corrected chi connectivity index (χ0v) is 11.3. The van der Waals surface area contributed by atoms with E-state index < -0.39 is 4.84 Å². The maximum absolute atomic E-state index is 5.73. The van der Waals surface area contributed by atoms with E-state index in [4.69, 9.17) is 27.9 Å². The van der Waals surface area contributed by atoms with Crippen molar-refractivity contribution in [2.24, 2.45) is 0 Å². The quantitative estimate of drug-likeness (QED) is 0.704. The Morgan fingerprint density at radius 1 is 1.23 bits per heavy atom. The van der Waals surface area contributed by atoms with Gasteiger partial charge in [-0.25, -0.2) is 0 Å². The highest BCUT2D eigenvalue weighted by molar-refractivity contribution is 9.11. The molecule has 1 nitrogen and oxygen atoms in total. The summed E-state index contributed by atoms with van der Waals surface area (Å²) in [4.78, 5) is -0.529. The second-order valence-electron chi connectivity index (χ2n) is 2.32. The van der Waals surface area contributed by atoms with E-state index in [9.17, 15) is 0 Å². The van der Waals surface area contributed by atoms with Gasteiger partial charge in [-0.05, 0) is 49.6 Å². The van der Waals surface area contributed by atoms with Crippen LogP contribution in [0.1, 0.15) is 10.4 Å². The summed E-state index contributed by atoms with van der Waals surface area (Å²) in [6.45, 7) is 0. The van der Waals surface area contributed by atoms with Gasteiger partial charge in [-0.2, -0.15) is 0 Å². The van der Waals surface area contributed by atoms with Crippen LogP contribution in [0.2, 0.25) is 0 Å². The van der Waals surface area contributed by atoms with Crippen LogP contribution in [0.3, 0.4) is 0 Å². The number of hydrogen-bond donors (Lipinski definition) is 0. The molecule has 0 heterocycles. The van der Waals surface area contributed by atoms with Crippen LogP contribution in [0, 0.1) is 0 Å². The molecule has 0 aromatic heterocycles. The highest BCUT2D eigenvalue weighted by atomic mass is 79.9. The zero-order valence-electron chi connectivity index (χ0n) is 6.65. The van der Waals surface area contributed by atoms with Crippen molar-refractivity contribution in [3.05, 3.63) is 26.6 Å². The van der Waals surface area contributed by atoms with Gasteiger partial charge >= 0.3 is 0 Å². The minimum Gasteiger partial charge on any atom is -0.494 e. The van der Waals surface area contributed by atoms with Crippen molar-refractivity contribution in [2.75, 3.05) is 7.11 Å². The molecular weight excluding hydrogens is 343 g/mol. The Kier molecular flexibility index (Phi) is 4.36. The van der Waals surface area contributed by atoms with Crippen LogP contribution >= 0.6 is 55.1 Å². The van der Waals surface area contributed by atoms with Crippen molar-refractivity contribution in [1.29, 1.82) is 0 Å². The predicted octanol–water partition coefficient (Wildman–Crippen LogP) is 4.70. The maximum atomic E-state index is 5.73. The topological polar surface area (TPSA) is 9.23 Å². The summed E-state index contributed by atoms with van der Waals surface area (Å²) in [5.74, 6) is 0.734. The average Bonchev–Trinajstić information content (AvgIpc) is 2.03. The molecule has 0 unspecified atom stereocenters. The first kappa shape index (κ1) is 11.6. The first-order chi connectivity index (χ1) is 6.06. The Hall–Kier alpha value is 0.560. The molecule has 0 aliphatic heterocycles. The number of rotatable bonds is 2. The monoisotopic (exact) mass is 346 g/mol. The molecule has 0 radical (unpaired) electrons. The number of alkyl halides is 2. The van der Waals surface area contributed by atoms with Gasteiger partial charge in [-0.3, -0.25) is 0 Å². The van der Waals surface area contributed by atoms with Crippen molar-refractivity contribution in [1.82, 2.24) is 0 Å². The number of halogens is 4. The minimum absolute atomic E-state index is 0.529. The van der Waals surface area contributed by atoms with Crippen LogP contribution in [0.5, 0.6) is 5.75 Å². The van der Waals surface area contributed by atoms with Gasteiger partial charge in [0.15, 0.2) is 0 Å². The molecule has 0 atom stereocenters. The Balaban J connectivity index is 3.20. The third-order valence-corrected chi connectivity index (χ3v) is 3.16. The van der Waals surface area contributed by atoms with E-state index in [1.165, 1.54) is 0 Å². The fraction of sp³-hybridized carbons (Fsp3) is 0.250. The van der Waals surface area contributed by atoms with Gasteiger partial charge in [0, 0.05) is 0 Å². The second kappa shape index (κ2) is 4.87. The van der Waals surface area contributed by atoms with Gasteiger partial charge < -0.3 is 4.74 Å². The summed E-state index contributed by atoms with van der Waals surface area (Å²) in [6.07, 6.45) is 0. The summed E-state index contributed by atoms with van der Waals surface area (Å²) < 4.78 is 6.78. The molecule has 72 valence electrons. The number of ether oxygens (including phenoxy) is 1. The van der Waals surface area contributed by atoms with E-state index in [0.717, 1.165) is 20.3 Å². The number of methoxy groups -OCH3 is 1. The highest BCUT2D eigenvalue weighted by Crippen LogP contribution is 2.38. The van der Waals surface area contributed by atoms with E-state index >= 15 is 0 Å². The lowest BCUT2D eigenvalue weighted by Crippen LogP contribution is -1.89. The van der Waals surface area contributed by atoms with Crippen molar-refractivity contribution < 1.29 is 4.74 Å². The van der Waals surface area contributed by atoms with E-state index in [-0.39, 0.29) is 0 Å². The normalized spacial score (nSPS) is 10.6. The van der Waals surface area contributed by atoms with Gasteiger partial charge in [0.1, 0.15) is 10.6 Å². The van der Waals surface area contributed by atoms with Crippen LogP contribution in [0.4, 0.5) is 0 Å².